The third-order valence-corrected chi connectivity index (χ3v) is 2.96. The number of amides is 1. The molecule has 1 unspecified atom stereocenters. The van der Waals surface area contributed by atoms with E-state index in [1.807, 2.05) is 0 Å². The summed E-state index contributed by atoms with van der Waals surface area (Å²) < 4.78 is 4.82. The van der Waals surface area contributed by atoms with E-state index in [2.05, 4.69) is 5.32 Å². The fraction of sp³-hybridized carbons (Fsp3) is 0.214. The first kappa shape index (κ1) is 13.6. The number of carbonyl (C=O) groups excluding carboxylic acids is 1. The maximum absolute atomic E-state index is 11.6. The number of aliphatic hydroxyl groups is 1. The number of benzene rings is 1. The fourth-order valence-corrected chi connectivity index (χ4v) is 1.90. The minimum atomic E-state index is -0.650. The van der Waals surface area contributed by atoms with Gasteiger partial charge in [0.1, 0.15) is 6.26 Å². The van der Waals surface area contributed by atoms with Crippen molar-refractivity contribution in [1.29, 1.82) is 0 Å². The lowest BCUT2D eigenvalue weighted by Gasteiger charge is -2.11. The van der Waals surface area contributed by atoms with Gasteiger partial charge in [0.15, 0.2) is 0 Å². The van der Waals surface area contributed by atoms with Crippen molar-refractivity contribution in [2.24, 2.45) is 0 Å². The molecule has 0 bridgehead atoms. The Balaban J connectivity index is 1.81. The molecule has 0 fully saturated rings. The lowest BCUT2D eigenvalue weighted by molar-refractivity contribution is 0.0942. The summed E-state index contributed by atoms with van der Waals surface area (Å²) in [5.41, 5.74) is 1.21. The van der Waals surface area contributed by atoms with Crippen molar-refractivity contribution in [3.63, 3.8) is 0 Å². The molecular formula is C14H14ClNO3. The van der Waals surface area contributed by atoms with Gasteiger partial charge in [-0.15, -0.1) is 0 Å². The van der Waals surface area contributed by atoms with Crippen molar-refractivity contribution in [2.75, 3.05) is 6.54 Å². The SMILES string of the molecule is O=C(NCCC(O)c1cccc(Cl)c1)c1ccoc1. The molecule has 0 aliphatic rings. The van der Waals surface area contributed by atoms with Crippen molar-refractivity contribution >= 4 is 17.5 Å². The normalized spacial score (nSPS) is 12.1. The zero-order valence-electron chi connectivity index (χ0n) is 10.2. The molecule has 5 heteroatoms. The topological polar surface area (TPSA) is 62.5 Å². The van der Waals surface area contributed by atoms with E-state index in [1.54, 1.807) is 30.3 Å². The lowest BCUT2D eigenvalue weighted by Crippen LogP contribution is -2.25. The van der Waals surface area contributed by atoms with E-state index < -0.39 is 6.10 Å². The third kappa shape index (κ3) is 3.84. The van der Waals surface area contributed by atoms with Gasteiger partial charge in [-0.05, 0) is 30.2 Å². The molecule has 2 aromatic rings. The molecule has 0 aliphatic carbocycles. The molecule has 0 spiro atoms. The first-order valence-corrected chi connectivity index (χ1v) is 6.28. The maximum atomic E-state index is 11.6. The average molecular weight is 280 g/mol. The maximum Gasteiger partial charge on any atom is 0.254 e. The van der Waals surface area contributed by atoms with Crippen molar-refractivity contribution in [1.82, 2.24) is 5.32 Å². The smallest absolute Gasteiger partial charge is 0.254 e. The van der Waals surface area contributed by atoms with Gasteiger partial charge in [0.25, 0.3) is 5.91 Å². The van der Waals surface area contributed by atoms with Crippen molar-refractivity contribution in [3.8, 4) is 0 Å². The van der Waals surface area contributed by atoms with E-state index in [4.69, 9.17) is 16.0 Å². The zero-order chi connectivity index (χ0) is 13.7. The minimum Gasteiger partial charge on any atom is -0.472 e. The predicted molar refractivity (Wildman–Crippen MR) is 72.1 cm³/mol. The van der Waals surface area contributed by atoms with Crippen molar-refractivity contribution in [3.05, 3.63) is 59.0 Å². The van der Waals surface area contributed by atoms with Crippen LogP contribution in [-0.2, 0) is 0 Å². The molecule has 1 heterocycles. The zero-order valence-corrected chi connectivity index (χ0v) is 10.9. The summed E-state index contributed by atoms with van der Waals surface area (Å²) in [7, 11) is 0. The number of hydrogen-bond donors (Lipinski definition) is 2. The minimum absolute atomic E-state index is 0.216. The average Bonchev–Trinajstić information content (AvgIpc) is 2.92. The van der Waals surface area contributed by atoms with Gasteiger partial charge in [0.05, 0.1) is 17.9 Å². The molecular weight excluding hydrogens is 266 g/mol. The van der Waals surface area contributed by atoms with Crippen LogP contribution in [-0.4, -0.2) is 17.6 Å². The highest BCUT2D eigenvalue weighted by molar-refractivity contribution is 6.30. The highest BCUT2D eigenvalue weighted by Crippen LogP contribution is 2.19. The Kier molecular flexibility index (Phi) is 4.60. The molecule has 100 valence electrons. The van der Waals surface area contributed by atoms with E-state index in [9.17, 15) is 9.90 Å². The van der Waals surface area contributed by atoms with Crippen LogP contribution in [0, 0.1) is 0 Å². The van der Waals surface area contributed by atoms with Crippen molar-refractivity contribution in [2.45, 2.75) is 12.5 Å². The van der Waals surface area contributed by atoms with E-state index in [0.717, 1.165) is 5.56 Å². The molecule has 0 aliphatic heterocycles. The van der Waals surface area contributed by atoms with Crippen LogP contribution in [0.1, 0.15) is 28.4 Å². The largest absolute Gasteiger partial charge is 0.472 e. The summed E-state index contributed by atoms with van der Waals surface area (Å²) >= 11 is 5.85. The Morgan fingerprint density at radius 2 is 2.26 bits per heavy atom. The Bertz CT molecular complexity index is 539. The van der Waals surface area contributed by atoms with Gasteiger partial charge in [-0.2, -0.15) is 0 Å². The van der Waals surface area contributed by atoms with Crippen molar-refractivity contribution < 1.29 is 14.3 Å². The second kappa shape index (κ2) is 6.41. The molecule has 1 atom stereocenters. The molecule has 0 saturated carbocycles. The Hall–Kier alpha value is -1.78. The second-order valence-corrected chi connectivity index (χ2v) is 4.56. The van der Waals surface area contributed by atoms with Gasteiger partial charge in [-0.25, -0.2) is 0 Å². The molecule has 1 amide bonds. The molecule has 19 heavy (non-hydrogen) atoms. The number of rotatable bonds is 5. The van der Waals surface area contributed by atoms with Gasteiger partial charge in [0, 0.05) is 11.6 Å². The number of aliphatic hydroxyl groups excluding tert-OH is 1. The number of halogens is 1. The van der Waals surface area contributed by atoms with E-state index >= 15 is 0 Å². The monoisotopic (exact) mass is 279 g/mol. The summed E-state index contributed by atoms with van der Waals surface area (Å²) in [4.78, 5) is 11.6. The molecule has 0 radical (unpaired) electrons. The molecule has 2 N–H and O–H groups in total. The first-order valence-electron chi connectivity index (χ1n) is 5.91. The summed E-state index contributed by atoms with van der Waals surface area (Å²) in [5, 5.41) is 13.3. The molecule has 1 aromatic heterocycles. The van der Waals surface area contributed by atoms with E-state index in [-0.39, 0.29) is 5.91 Å². The fourth-order valence-electron chi connectivity index (χ4n) is 1.70. The van der Waals surface area contributed by atoms with Crippen LogP contribution in [0.25, 0.3) is 0 Å². The Labute approximate surface area is 116 Å². The Morgan fingerprint density at radius 1 is 1.42 bits per heavy atom. The number of hydrogen-bond acceptors (Lipinski definition) is 3. The van der Waals surface area contributed by atoms with Crippen LogP contribution in [0.15, 0.2) is 47.3 Å². The highest BCUT2D eigenvalue weighted by atomic mass is 35.5. The summed E-state index contributed by atoms with van der Waals surface area (Å²) in [5.74, 6) is -0.216. The summed E-state index contributed by atoms with van der Waals surface area (Å²) in [6, 6.07) is 8.63. The van der Waals surface area contributed by atoms with Crippen LogP contribution < -0.4 is 5.32 Å². The number of furan rings is 1. The number of carbonyl (C=O) groups is 1. The van der Waals surface area contributed by atoms with Gasteiger partial charge >= 0.3 is 0 Å². The van der Waals surface area contributed by atoms with E-state index in [0.29, 0.717) is 23.6 Å². The lowest BCUT2D eigenvalue weighted by atomic mass is 10.1. The molecule has 2 rings (SSSR count). The van der Waals surface area contributed by atoms with Crippen LogP contribution in [0.2, 0.25) is 5.02 Å². The summed E-state index contributed by atoms with van der Waals surface area (Å²) in [6.45, 7) is 0.373. The second-order valence-electron chi connectivity index (χ2n) is 4.13. The van der Waals surface area contributed by atoms with Gasteiger partial charge < -0.3 is 14.8 Å². The van der Waals surface area contributed by atoms with Gasteiger partial charge in [-0.1, -0.05) is 23.7 Å². The van der Waals surface area contributed by atoms with Crippen LogP contribution in [0.3, 0.4) is 0 Å². The van der Waals surface area contributed by atoms with Crippen LogP contribution in [0.5, 0.6) is 0 Å². The molecule has 0 saturated heterocycles. The van der Waals surface area contributed by atoms with Gasteiger partial charge in [-0.3, -0.25) is 4.79 Å². The van der Waals surface area contributed by atoms with E-state index in [1.165, 1.54) is 12.5 Å². The first-order chi connectivity index (χ1) is 9.16. The molecule has 1 aromatic carbocycles. The quantitative estimate of drug-likeness (QED) is 0.885. The predicted octanol–water partition coefficient (Wildman–Crippen LogP) is 2.79. The Morgan fingerprint density at radius 3 is 2.95 bits per heavy atom. The van der Waals surface area contributed by atoms with Crippen LogP contribution >= 0.6 is 11.6 Å². The molecule has 4 nitrogen and oxygen atoms in total. The van der Waals surface area contributed by atoms with Gasteiger partial charge in [0.2, 0.25) is 0 Å². The standard InChI is InChI=1S/C14H14ClNO3/c15-12-3-1-2-10(8-12)13(17)4-6-16-14(18)11-5-7-19-9-11/h1-3,5,7-9,13,17H,4,6H2,(H,16,18). The highest BCUT2D eigenvalue weighted by Gasteiger charge is 2.10. The number of nitrogens with one attached hydrogen (secondary N) is 1. The third-order valence-electron chi connectivity index (χ3n) is 2.72. The summed E-state index contributed by atoms with van der Waals surface area (Å²) in [6.07, 6.45) is 2.59. The van der Waals surface area contributed by atoms with Crippen LogP contribution in [0.4, 0.5) is 0 Å².